The summed E-state index contributed by atoms with van der Waals surface area (Å²) in [6, 6.07) is 0. The van der Waals surface area contributed by atoms with Crippen LogP contribution in [0.4, 0.5) is 0 Å². The molecule has 0 aromatic carbocycles. The van der Waals surface area contributed by atoms with Crippen LogP contribution in [0.3, 0.4) is 0 Å². The van der Waals surface area contributed by atoms with Gasteiger partial charge in [0.1, 0.15) is 0 Å². The molecule has 2 aromatic heterocycles. The van der Waals surface area contributed by atoms with Crippen molar-refractivity contribution in [1.82, 2.24) is 9.38 Å². The Kier molecular flexibility index (Phi) is 4.39. The number of aromatic nitrogens is 2. The Morgan fingerprint density at radius 3 is 2.73 bits per heavy atom. The van der Waals surface area contributed by atoms with E-state index in [-0.39, 0.29) is 32.7 Å². The van der Waals surface area contributed by atoms with Crippen molar-refractivity contribution in [3.05, 3.63) is 36.3 Å². The van der Waals surface area contributed by atoms with Gasteiger partial charge in [0.05, 0.1) is 5.69 Å². The van der Waals surface area contributed by atoms with Crippen molar-refractivity contribution in [3.8, 4) is 0 Å². The van der Waals surface area contributed by atoms with E-state index in [9.17, 15) is 0 Å². The molecule has 0 aliphatic carbocycles. The molecule has 0 spiro atoms. The largest absolute Gasteiger partial charge is 0.377 e. The second-order valence-electron chi connectivity index (χ2n) is 3.69. The van der Waals surface area contributed by atoms with E-state index in [4.69, 9.17) is 0 Å². The molecule has 79 valence electrons. The quantitative estimate of drug-likeness (QED) is 0.778. The minimum absolute atomic E-state index is 0. The Labute approximate surface area is 120 Å². The maximum Gasteiger partial charge on any atom is 0.174 e. The first-order chi connectivity index (χ1) is 6.63. The molecule has 2 heterocycles. The molecule has 15 heavy (non-hydrogen) atoms. The zero-order valence-electron chi connectivity index (χ0n) is 9.16. The second-order valence-corrected chi connectivity index (χ2v) is 4.76. The predicted octanol–water partition coefficient (Wildman–Crippen LogP) is 3.08. The Bertz CT molecular complexity index is 456. The molecule has 1 radical (unpaired) electrons. The Morgan fingerprint density at radius 1 is 1.53 bits per heavy atom. The second kappa shape index (κ2) is 4.98. The van der Waals surface area contributed by atoms with Gasteiger partial charge in [-0.1, -0.05) is 13.8 Å². The maximum atomic E-state index is 4.56. The Morgan fingerprint density at radius 2 is 2.20 bits per heavy atom. The number of rotatable bonds is 2. The van der Waals surface area contributed by atoms with Gasteiger partial charge in [-0.05, 0) is 5.92 Å². The van der Waals surface area contributed by atoms with Crippen molar-refractivity contribution in [2.24, 2.45) is 0 Å². The number of imidazole rings is 1. The molecule has 4 heteroatoms. The van der Waals surface area contributed by atoms with Crippen LogP contribution in [0.15, 0.2) is 6.20 Å². The van der Waals surface area contributed by atoms with Crippen LogP contribution in [0.2, 0.25) is 0 Å². The molecular weight excluding hydrogens is 281 g/mol. The topological polar surface area (TPSA) is 17.3 Å². The van der Waals surface area contributed by atoms with Gasteiger partial charge in [0.2, 0.25) is 0 Å². The number of hydrogen-bond acceptors (Lipinski definition) is 2. The van der Waals surface area contributed by atoms with Gasteiger partial charge in [0.15, 0.2) is 4.96 Å². The average molecular weight is 295 g/mol. The summed E-state index contributed by atoms with van der Waals surface area (Å²) in [5.41, 5.74) is 2.33. The Balaban J connectivity index is 0.00000112. The van der Waals surface area contributed by atoms with E-state index in [1.165, 1.54) is 5.69 Å². The van der Waals surface area contributed by atoms with Crippen LogP contribution in [0.5, 0.6) is 0 Å². The fraction of sp³-hybridized carbons (Fsp3) is 0.364. The average Bonchev–Trinajstić information content (AvgIpc) is 2.60. The standard InChI is InChI=1S/C11H14N2S.Y/c1-5-10-8(4)14-11-12-9(7(2)3)6-13(10)11;/h6-7H,1,4-5H2,2-3H3;/q-2;. The first-order valence-corrected chi connectivity index (χ1v) is 5.57. The minimum atomic E-state index is 0. The van der Waals surface area contributed by atoms with Crippen LogP contribution >= 0.6 is 11.3 Å². The summed E-state index contributed by atoms with van der Waals surface area (Å²) >= 11 is 1.64. The molecule has 0 saturated carbocycles. The normalized spacial score (nSPS) is 10.9. The summed E-state index contributed by atoms with van der Waals surface area (Å²) in [5, 5.41) is 0. The van der Waals surface area contributed by atoms with Gasteiger partial charge in [-0.2, -0.15) is 0 Å². The van der Waals surface area contributed by atoms with E-state index in [1.807, 2.05) is 0 Å². The first-order valence-electron chi connectivity index (χ1n) is 4.75. The fourth-order valence-electron chi connectivity index (χ4n) is 1.49. The third kappa shape index (κ3) is 2.30. The molecule has 0 aliphatic rings. The van der Waals surface area contributed by atoms with E-state index in [2.05, 4.69) is 43.3 Å². The molecule has 2 aromatic rings. The number of nitrogens with zero attached hydrogens (tertiary/aromatic N) is 2. The smallest absolute Gasteiger partial charge is 0.174 e. The number of hydrogen-bond donors (Lipinski definition) is 0. The van der Waals surface area contributed by atoms with Crippen LogP contribution in [-0.4, -0.2) is 9.38 Å². The summed E-state index contributed by atoms with van der Waals surface area (Å²) in [6.45, 7) is 12.2. The zero-order chi connectivity index (χ0) is 10.3. The van der Waals surface area contributed by atoms with E-state index in [0.29, 0.717) is 5.92 Å². The Hall–Kier alpha value is 0.144. The molecule has 0 saturated heterocycles. The minimum Gasteiger partial charge on any atom is -0.377 e. The van der Waals surface area contributed by atoms with Crippen molar-refractivity contribution >= 4 is 16.3 Å². The third-order valence-corrected chi connectivity index (χ3v) is 3.30. The van der Waals surface area contributed by atoms with Crippen molar-refractivity contribution in [2.45, 2.75) is 26.2 Å². The molecule has 0 aliphatic heterocycles. The van der Waals surface area contributed by atoms with Gasteiger partial charge in [-0.15, -0.1) is 21.9 Å². The van der Waals surface area contributed by atoms with E-state index >= 15 is 0 Å². The molecule has 0 unspecified atom stereocenters. The van der Waals surface area contributed by atoms with Gasteiger partial charge < -0.3 is 11.3 Å². The SMILES string of the molecule is [CH2-]Cc1c([CH2-])sc2nc(C(C)C)cn12.[Y]. The third-order valence-electron chi connectivity index (χ3n) is 2.35. The van der Waals surface area contributed by atoms with E-state index in [0.717, 1.165) is 22.0 Å². The van der Waals surface area contributed by atoms with Crippen molar-refractivity contribution < 1.29 is 32.7 Å². The summed E-state index contributed by atoms with van der Waals surface area (Å²) < 4.78 is 2.12. The molecule has 0 atom stereocenters. The molecule has 0 fully saturated rings. The van der Waals surface area contributed by atoms with Gasteiger partial charge in [0.25, 0.3) is 0 Å². The molecule has 0 N–H and O–H groups in total. The first kappa shape index (κ1) is 13.2. The monoisotopic (exact) mass is 295 g/mol. The van der Waals surface area contributed by atoms with Crippen molar-refractivity contribution in [1.29, 1.82) is 0 Å². The van der Waals surface area contributed by atoms with Crippen LogP contribution < -0.4 is 0 Å². The predicted molar refractivity (Wildman–Crippen MR) is 60.7 cm³/mol. The van der Waals surface area contributed by atoms with Gasteiger partial charge >= 0.3 is 0 Å². The van der Waals surface area contributed by atoms with Crippen LogP contribution in [0.1, 0.15) is 36.0 Å². The number of fused-ring (bicyclic) bond motifs is 1. The van der Waals surface area contributed by atoms with Crippen molar-refractivity contribution in [2.75, 3.05) is 0 Å². The zero-order valence-corrected chi connectivity index (χ0v) is 12.8. The van der Waals surface area contributed by atoms with E-state index in [1.54, 1.807) is 11.3 Å². The van der Waals surface area contributed by atoms with Gasteiger partial charge in [-0.3, -0.25) is 0 Å². The maximum absolute atomic E-state index is 4.56. The van der Waals surface area contributed by atoms with Crippen molar-refractivity contribution in [3.63, 3.8) is 0 Å². The van der Waals surface area contributed by atoms with E-state index < -0.39 is 0 Å². The molecule has 2 rings (SSSR count). The van der Waals surface area contributed by atoms with Gasteiger partial charge in [0, 0.05) is 38.9 Å². The van der Waals surface area contributed by atoms with Crippen LogP contribution in [-0.2, 0) is 39.1 Å². The molecule has 2 nitrogen and oxygen atoms in total. The summed E-state index contributed by atoms with van der Waals surface area (Å²) in [4.78, 5) is 6.68. The molecule has 0 bridgehead atoms. The molecule has 0 amide bonds. The summed E-state index contributed by atoms with van der Waals surface area (Å²) in [5.74, 6) is 0.480. The van der Waals surface area contributed by atoms with Crippen LogP contribution in [0, 0.1) is 13.8 Å². The summed E-state index contributed by atoms with van der Waals surface area (Å²) in [7, 11) is 0. The fourth-order valence-corrected chi connectivity index (χ4v) is 2.44. The van der Waals surface area contributed by atoms with Crippen LogP contribution in [0.25, 0.3) is 4.96 Å². The summed E-state index contributed by atoms with van der Waals surface area (Å²) in [6.07, 6.45) is 2.87. The van der Waals surface area contributed by atoms with Gasteiger partial charge in [-0.25, -0.2) is 18.3 Å². The number of thiazole rings is 1. The molecular formula is C11H14N2SY-2.